The molecule has 0 saturated carbocycles. The van der Waals surface area contributed by atoms with Crippen LogP contribution in [0, 0.1) is 36.0 Å². The number of nitrogens with zero attached hydrogens (tertiary/aromatic N) is 4. The summed E-state index contributed by atoms with van der Waals surface area (Å²) in [6.45, 7) is 23.8. The van der Waals surface area contributed by atoms with E-state index in [-0.39, 0.29) is 52.1 Å². The predicted octanol–water partition coefficient (Wildman–Crippen LogP) is 16.5. The molecule has 20 heteroatoms. The molecule has 0 aliphatic carbocycles. The lowest BCUT2D eigenvalue weighted by Crippen LogP contribution is -2.35. The SMILES string of the molecule is C.C.C#Cc1ccc(C(=O)OC)cc1.CCOC(OCC)c1ccc(OC)cc1.COC(=O)c1ccc(C#C/C=C/c2ccc(CN3CCOCC3)cc2)cc1.I/C=C/c1ccc(CN2CCOCC2)cc1.O=C(O)c1ccc(C#C/C=C/c2ccc(CN3CCOCC3)cc2)cc1.O=Cc1ccc(CN2CCOCC2)cc1.S. The van der Waals surface area contributed by atoms with Crippen LogP contribution in [0.15, 0.2) is 210 Å². The minimum absolute atomic E-state index is 0. The molecule has 8 aromatic rings. The summed E-state index contributed by atoms with van der Waals surface area (Å²) in [4.78, 5) is 53.2. The van der Waals surface area contributed by atoms with Gasteiger partial charge in [-0.25, -0.2) is 14.4 Å². The zero-order valence-electron chi connectivity index (χ0n) is 64.6. The smallest absolute Gasteiger partial charge is 0.337 e. The molecule has 4 saturated heterocycles. The van der Waals surface area contributed by atoms with Gasteiger partial charge in [0.1, 0.15) is 12.0 Å². The second-order valence-electron chi connectivity index (χ2n) is 25.3. The van der Waals surface area contributed by atoms with Gasteiger partial charge in [-0.05, 0) is 172 Å². The Balaban J connectivity index is 0.000000294. The summed E-state index contributed by atoms with van der Waals surface area (Å²) in [5.41, 5.74) is 14.2. The van der Waals surface area contributed by atoms with Crippen LogP contribution in [-0.2, 0) is 64.1 Å². The molecule has 0 amide bonds. The van der Waals surface area contributed by atoms with Gasteiger partial charge in [-0.1, -0.05) is 176 Å². The number of aromatic carboxylic acids is 1. The summed E-state index contributed by atoms with van der Waals surface area (Å²) in [6, 6.07) is 61.5. The van der Waals surface area contributed by atoms with Crippen molar-refractivity contribution in [1.29, 1.82) is 0 Å². The van der Waals surface area contributed by atoms with Crippen LogP contribution in [0.4, 0.5) is 0 Å². The van der Waals surface area contributed by atoms with Gasteiger partial charge in [0, 0.05) is 120 Å². The van der Waals surface area contributed by atoms with Gasteiger partial charge in [0.2, 0.25) is 0 Å². The maximum Gasteiger partial charge on any atom is 0.337 e. The van der Waals surface area contributed by atoms with Crippen molar-refractivity contribution < 1.29 is 66.9 Å². The zero-order valence-corrected chi connectivity index (χ0v) is 67.8. The van der Waals surface area contributed by atoms with Gasteiger partial charge in [0.15, 0.2) is 6.29 Å². The third-order valence-electron chi connectivity index (χ3n) is 17.4. The fourth-order valence-corrected chi connectivity index (χ4v) is 11.6. The summed E-state index contributed by atoms with van der Waals surface area (Å²) in [6.07, 6.45) is 15.5. The first-order valence-corrected chi connectivity index (χ1v) is 38.2. The van der Waals surface area contributed by atoms with Gasteiger partial charge >= 0.3 is 17.9 Å². The lowest BCUT2D eigenvalue weighted by Gasteiger charge is -2.26. The van der Waals surface area contributed by atoms with Crippen molar-refractivity contribution in [2.45, 2.75) is 61.2 Å². The second-order valence-corrected chi connectivity index (χ2v) is 26.0. The van der Waals surface area contributed by atoms with Crippen molar-refractivity contribution in [2.75, 3.05) is 140 Å². The summed E-state index contributed by atoms with van der Waals surface area (Å²) < 4.78 is 48.7. The number of esters is 2. The summed E-state index contributed by atoms with van der Waals surface area (Å²) >= 11 is 2.24. The molecule has 18 nitrogen and oxygen atoms in total. The Hall–Kier alpha value is -9.78. The van der Waals surface area contributed by atoms with Crippen molar-refractivity contribution >= 4 is 78.5 Å². The molecule has 0 atom stereocenters. The minimum Gasteiger partial charge on any atom is -0.497 e. The number of rotatable bonds is 21. The first-order valence-electron chi connectivity index (χ1n) is 37.0. The number of halogens is 1. The minimum atomic E-state index is -0.929. The number of hydrogen-bond acceptors (Lipinski definition) is 17. The standard InChI is InChI=1S/C23H23NO3.C22H21NO3.C13H16INO.C12H15NO2.C12H18O3.C10H8O2.2CH4.H2S/c1-26-23(25)22-12-10-20(11-13-22)5-3-2-4-19-6-8-21(9-7-19)18-24-14-16-27-17-15-24;24-22(25)21-11-9-19(10-12-21)4-2-1-3-18-5-7-20(8-6-18)17-23-13-15-26-16-14-23;14-6-5-12-1-3-13(4-2-12)11-15-7-9-16-10-8-15;14-10-12-3-1-11(2-4-12)9-13-5-7-15-8-6-13;1-4-14-12(15-5-2)10-6-8-11(13-3)9-7-10;1-3-8-4-6-9(7-5-8)10(11)12-2;;;/h2,4,6-13H,14-18H2,1H3;1,3,5-12H,13-17H2,(H,24,25);1-6H,7-11H2;1-4,10H,5-9H2;6-9,12H,4-5H2,1-3H3;1,4-7H,2H3;2*1H4;1H2/b4-2+;3-1+;6-5+;;;;;;. The van der Waals surface area contributed by atoms with E-state index in [1.54, 1.807) is 67.8 Å². The Bertz CT molecular complexity index is 4290. The summed E-state index contributed by atoms with van der Waals surface area (Å²) in [5.74, 6) is 13.7. The fraction of sp³-hybridized carbons (Fsp3) is 0.319. The predicted molar refractivity (Wildman–Crippen MR) is 470 cm³/mol. The van der Waals surface area contributed by atoms with Crippen LogP contribution < -0.4 is 4.74 Å². The van der Waals surface area contributed by atoms with Gasteiger partial charge in [-0.2, -0.15) is 13.5 Å². The van der Waals surface area contributed by atoms with Crippen molar-refractivity contribution in [1.82, 2.24) is 19.6 Å². The van der Waals surface area contributed by atoms with Gasteiger partial charge in [-0.15, -0.1) is 6.42 Å². The van der Waals surface area contributed by atoms with Gasteiger partial charge in [-0.3, -0.25) is 24.4 Å². The van der Waals surface area contributed by atoms with Gasteiger partial charge < -0.3 is 47.7 Å². The number of allylic oxidation sites excluding steroid dienone is 2. The van der Waals surface area contributed by atoms with E-state index in [0.717, 1.165) is 182 Å². The topological polar surface area (TPSA) is 185 Å². The number of ether oxygens (including phenoxy) is 9. The number of hydrogen-bond donors (Lipinski definition) is 1. The normalized spacial score (nSPS) is 14.0. The average Bonchev–Trinajstić information content (AvgIpc) is 0.891. The molecule has 0 aromatic heterocycles. The number of aldehydes is 1. The van der Waals surface area contributed by atoms with Crippen molar-refractivity contribution in [3.8, 4) is 41.8 Å². The van der Waals surface area contributed by atoms with Crippen LogP contribution in [0.25, 0.3) is 18.2 Å². The quantitative estimate of drug-likeness (QED) is 0.0235. The van der Waals surface area contributed by atoms with Crippen LogP contribution in [-0.4, -0.2) is 189 Å². The largest absolute Gasteiger partial charge is 0.497 e. The molecular formula is C94H111IN4O14S. The monoisotopic (exact) mass is 1680 g/mol. The Kier molecular flexibility index (Phi) is 48.5. The number of carbonyl (C=O) groups excluding carboxylic acids is 3. The van der Waals surface area contributed by atoms with Crippen LogP contribution in [0.1, 0.15) is 138 Å². The first kappa shape index (κ1) is 96.6. The molecule has 4 heterocycles. The van der Waals surface area contributed by atoms with Crippen molar-refractivity contribution in [3.05, 3.63) is 294 Å². The number of morpholine rings is 4. The van der Waals surface area contributed by atoms with Crippen LogP contribution >= 0.6 is 36.1 Å². The van der Waals surface area contributed by atoms with E-state index in [9.17, 15) is 19.2 Å². The first-order chi connectivity index (χ1) is 54.3. The van der Waals surface area contributed by atoms with Gasteiger partial charge in [0.05, 0.1) is 90.9 Å². The Morgan fingerprint density at radius 1 is 0.447 bits per heavy atom. The van der Waals surface area contributed by atoms with E-state index < -0.39 is 5.97 Å². The number of terminal acetylenes is 1. The number of benzene rings is 8. The van der Waals surface area contributed by atoms with Crippen LogP contribution in [0.2, 0.25) is 0 Å². The molecule has 0 unspecified atom stereocenters. The second kappa shape index (κ2) is 57.3. The molecule has 8 aromatic carbocycles. The van der Waals surface area contributed by atoms with Crippen molar-refractivity contribution in [3.63, 3.8) is 0 Å². The fourth-order valence-electron chi connectivity index (χ4n) is 11.2. The molecule has 604 valence electrons. The Morgan fingerprint density at radius 2 is 0.754 bits per heavy atom. The highest BCUT2D eigenvalue weighted by atomic mass is 127. The number of carboxylic acids is 1. The lowest BCUT2D eigenvalue weighted by molar-refractivity contribution is -0.140. The molecule has 0 spiro atoms. The third-order valence-corrected chi connectivity index (χ3v) is 17.8. The molecule has 12 rings (SSSR count). The number of methoxy groups -OCH3 is 3. The molecule has 4 aliphatic rings. The number of carboxylic acid groups (broad SMARTS) is 1. The maximum absolute atomic E-state index is 11.4. The van der Waals surface area contributed by atoms with E-state index in [1.807, 2.05) is 103 Å². The van der Waals surface area contributed by atoms with Crippen molar-refractivity contribution in [2.24, 2.45) is 0 Å². The highest BCUT2D eigenvalue weighted by Gasteiger charge is 2.16. The van der Waals surface area contributed by atoms with E-state index in [0.29, 0.717) is 24.3 Å². The molecule has 1 N–H and O–H groups in total. The molecule has 4 fully saturated rings. The molecular weight excluding hydrogens is 1570 g/mol. The molecule has 0 radical (unpaired) electrons. The highest BCUT2D eigenvalue weighted by molar-refractivity contribution is 14.1. The average molecular weight is 1680 g/mol. The summed E-state index contributed by atoms with van der Waals surface area (Å²) in [7, 11) is 4.37. The van der Waals surface area contributed by atoms with E-state index >= 15 is 0 Å². The Labute approximate surface area is 697 Å². The zero-order chi connectivity index (χ0) is 78.9. The molecule has 114 heavy (non-hydrogen) atoms. The van der Waals surface area contributed by atoms with Crippen LogP contribution in [0.3, 0.4) is 0 Å². The van der Waals surface area contributed by atoms with E-state index in [4.69, 9.17) is 44.7 Å². The highest BCUT2D eigenvalue weighted by Crippen LogP contribution is 2.22. The summed E-state index contributed by atoms with van der Waals surface area (Å²) in [5, 5.41) is 8.87. The van der Waals surface area contributed by atoms with Crippen LogP contribution in [0.5, 0.6) is 5.75 Å². The van der Waals surface area contributed by atoms with E-state index in [2.05, 4.69) is 160 Å². The lowest BCUT2D eigenvalue weighted by atomic mass is 10.1. The Morgan fingerprint density at radius 3 is 1.04 bits per heavy atom. The third kappa shape index (κ3) is 37.5. The number of carbonyl (C=O) groups is 4. The maximum atomic E-state index is 11.4. The van der Waals surface area contributed by atoms with Gasteiger partial charge in [0.25, 0.3) is 0 Å². The van der Waals surface area contributed by atoms with E-state index in [1.165, 1.54) is 42.0 Å². The molecule has 0 bridgehead atoms. The molecule has 4 aliphatic heterocycles.